The third-order valence-electron chi connectivity index (χ3n) is 2.46. The minimum Gasteiger partial charge on any atom is -0.465 e. The first kappa shape index (κ1) is 13.3. The van der Waals surface area contributed by atoms with Gasteiger partial charge in [0.05, 0.1) is 19.8 Å². The smallest absolute Gasteiger partial charge is 0.354 e. The molecule has 0 N–H and O–H groups in total. The van der Waals surface area contributed by atoms with Crippen molar-refractivity contribution >= 4 is 11.9 Å². The fourth-order valence-corrected chi connectivity index (χ4v) is 1.53. The lowest BCUT2D eigenvalue weighted by atomic mass is 10.3. The van der Waals surface area contributed by atoms with E-state index >= 15 is 0 Å². The van der Waals surface area contributed by atoms with Gasteiger partial charge in [-0.05, 0) is 12.5 Å². The van der Waals surface area contributed by atoms with Crippen LogP contribution in [0.5, 0.6) is 0 Å². The Morgan fingerprint density at radius 1 is 1.24 bits per heavy atom. The molecule has 1 heterocycles. The Kier molecular flexibility index (Phi) is 4.75. The van der Waals surface area contributed by atoms with Gasteiger partial charge in [0.1, 0.15) is 5.69 Å². The highest BCUT2D eigenvalue weighted by Gasteiger charge is 2.17. The Morgan fingerprint density at radius 2 is 1.88 bits per heavy atom. The Morgan fingerprint density at radius 3 is 2.41 bits per heavy atom. The lowest BCUT2D eigenvalue weighted by Crippen LogP contribution is -2.09. The van der Waals surface area contributed by atoms with Gasteiger partial charge in [-0.1, -0.05) is 13.3 Å². The standard InChI is InChI=1S/C12H17NO4/c1-4-5-6-13-8-9(11(14)16-2)7-10(13)12(15)17-3/h7-8H,4-6H2,1-3H3. The highest BCUT2D eigenvalue weighted by molar-refractivity contribution is 5.94. The molecule has 5 nitrogen and oxygen atoms in total. The summed E-state index contributed by atoms with van der Waals surface area (Å²) in [7, 11) is 2.63. The molecule has 17 heavy (non-hydrogen) atoms. The molecule has 1 rings (SSSR count). The largest absolute Gasteiger partial charge is 0.465 e. The van der Waals surface area contributed by atoms with E-state index in [-0.39, 0.29) is 0 Å². The summed E-state index contributed by atoms with van der Waals surface area (Å²) in [6, 6.07) is 1.49. The predicted molar refractivity (Wildman–Crippen MR) is 62.0 cm³/mol. The van der Waals surface area contributed by atoms with Crippen LogP contribution in [-0.4, -0.2) is 30.7 Å². The van der Waals surface area contributed by atoms with Crippen molar-refractivity contribution in [1.29, 1.82) is 0 Å². The first-order valence-corrected chi connectivity index (χ1v) is 5.50. The van der Waals surface area contributed by atoms with Gasteiger partial charge >= 0.3 is 11.9 Å². The number of ether oxygens (including phenoxy) is 2. The van der Waals surface area contributed by atoms with Gasteiger partial charge in [0.15, 0.2) is 0 Å². The quantitative estimate of drug-likeness (QED) is 0.736. The summed E-state index contributed by atoms with van der Waals surface area (Å²) in [4.78, 5) is 22.9. The third kappa shape index (κ3) is 3.09. The van der Waals surface area contributed by atoms with Crippen LogP contribution in [0.4, 0.5) is 0 Å². The molecular weight excluding hydrogens is 222 g/mol. The second kappa shape index (κ2) is 6.08. The van der Waals surface area contributed by atoms with E-state index in [1.54, 1.807) is 10.8 Å². The van der Waals surface area contributed by atoms with Crippen molar-refractivity contribution < 1.29 is 19.1 Å². The zero-order valence-electron chi connectivity index (χ0n) is 10.4. The van der Waals surface area contributed by atoms with Crippen molar-refractivity contribution in [2.24, 2.45) is 0 Å². The molecule has 0 aliphatic carbocycles. The number of aromatic nitrogens is 1. The van der Waals surface area contributed by atoms with Gasteiger partial charge in [-0.25, -0.2) is 9.59 Å². The summed E-state index contributed by atoms with van der Waals surface area (Å²) < 4.78 is 11.0. The molecule has 0 atom stereocenters. The molecule has 0 saturated carbocycles. The van der Waals surface area contributed by atoms with Gasteiger partial charge in [-0.2, -0.15) is 0 Å². The number of hydrogen-bond acceptors (Lipinski definition) is 4. The number of rotatable bonds is 5. The van der Waals surface area contributed by atoms with E-state index in [1.807, 2.05) is 0 Å². The molecule has 1 aromatic heterocycles. The van der Waals surface area contributed by atoms with Crippen LogP contribution >= 0.6 is 0 Å². The molecule has 0 aliphatic rings. The van der Waals surface area contributed by atoms with Crippen molar-refractivity contribution in [3.8, 4) is 0 Å². The van der Waals surface area contributed by atoms with E-state index in [4.69, 9.17) is 0 Å². The number of esters is 2. The van der Waals surface area contributed by atoms with Crippen molar-refractivity contribution in [3.05, 3.63) is 23.5 Å². The Labute approximate surface area is 100 Å². The number of aryl methyl sites for hydroxylation is 1. The number of unbranched alkanes of at least 4 members (excludes halogenated alkanes) is 1. The van der Waals surface area contributed by atoms with E-state index in [0.717, 1.165) is 12.8 Å². The van der Waals surface area contributed by atoms with Crippen molar-refractivity contribution in [2.45, 2.75) is 26.3 Å². The molecule has 0 aromatic carbocycles. The summed E-state index contributed by atoms with van der Waals surface area (Å²) in [5.74, 6) is -0.901. The molecule has 0 unspecified atom stereocenters. The average molecular weight is 239 g/mol. The molecule has 1 aromatic rings. The normalized spacial score (nSPS) is 10.1. The summed E-state index contributed by atoms with van der Waals surface area (Å²) in [5, 5.41) is 0. The Balaban J connectivity index is 3.02. The fraction of sp³-hybridized carbons (Fsp3) is 0.500. The molecule has 0 fully saturated rings. The van der Waals surface area contributed by atoms with E-state index in [9.17, 15) is 9.59 Å². The SMILES string of the molecule is CCCCn1cc(C(=O)OC)cc1C(=O)OC. The molecule has 5 heteroatoms. The second-order valence-corrected chi connectivity index (χ2v) is 3.64. The van der Waals surface area contributed by atoms with Gasteiger partial charge < -0.3 is 14.0 Å². The molecule has 0 bridgehead atoms. The number of carbonyl (C=O) groups excluding carboxylic acids is 2. The first-order chi connectivity index (χ1) is 8.13. The van der Waals surface area contributed by atoms with E-state index < -0.39 is 11.9 Å². The highest BCUT2D eigenvalue weighted by atomic mass is 16.5. The summed E-state index contributed by atoms with van der Waals surface area (Å²) in [5.41, 5.74) is 0.741. The van der Waals surface area contributed by atoms with Gasteiger partial charge in [-0.15, -0.1) is 0 Å². The van der Waals surface area contributed by atoms with Crippen LogP contribution < -0.4 is 0 Å². The van der Waals surface area contributed by atoms with E-state index in [0.29, 0.717) is 17.8 Å². The monoisotopic (exact) mass is 239 g/mol. The molecular formula is C12H17NO4. The van der Waals surface area contributed by atoms with Crippen LogP contribution in [0.25, 0.3) is 0 Å². The van der Waals surface area contributed by atoms with Gasteiger partial charge in [0.2, 0.25) is 0 Å². The number of nitrogens with zero attached hydrogens (tertiary/aromatic N) is 1. The van der Waals surface area contributed by atoms with Crippen LogP contribution in [0.3, 0.4) is 0 Å². The van der Waals surface area contributed by atoms with E-state index in [2.05, 4.69) is 16.4 Å². The van der Waals surface area contributed by atoms with Crippen molar-refractivity contribution in [1.82, 2.24) is 4.57 Å². The molecule has 0 spiro atoms. The van der Waals surface area contributed by atoms with Gasteiger partial charge in [0, 0.05) is 12.7 Å². The molecule has 0 amide bonds. The summed E-state index contributed by atoms with van der Waals surface area (Å²) in [6.07, 6.45) is 3.55. The molecule has 0 aliphatic heterocycles. The lowest BCUT2D eigenvalue weighted by molar-refractivity contribution is 0.0587. The summed E-state index contributed by atoms with van der Waals surface area (Å²) in [6.45, 7) is 2.74. The highest BCUT2D eigenvalue weighted by Crippen LogP contribution is 2.12. The number of methoxy groups -OCH3 is 2. The maximum Gasteiger partial charge on any atom is 0.354 e. The number of hydrogen-bond donors (Lipinski definition) is 0. The topological polar surface area (TPSA) is 57.5 Å². The lowest BCUT2D eigenvalue weighted by Gasteiger charge is -2.05. The van der Waals surface area contributed by atoms with Crippen molar-refractivity contribution in [2.75, 3.05) is 14.2 Å². The maximum atomic E-state index is 11.5. The third-order valence-corrected chi connectivity index (χ3v) is 2.46. The van der Waals surface area contributed by atoms with Crippen LogP contribution in [-0.2, 0) is 16.0 Å². The molecule has 94 valence electrons. The predicted octanol–water partition coefficient (Wildman–Crippen LogP) is 1.86. The Hall–Kier alpha value is -1.78. The van der Waals surface area contributed by atoms with Gasteiger partial charge in [0.25, 0.3) is 0 Å². The maximum absolute atomic E-state index is 11.5. The second-order valence-electron chi connectivity index (χ2n) is 3.64. The van der Waals surface area contributed by atoms with Crippen LogP contribution in [0.15, 0.2) is 12.3 Å². The molecule has 0 saturated heterocycles. The first-order valence-electron chi connectivity index (χ1n) is 5.50. The van der Waals surface area contributed by atoms with Crippen LogP contribution in [0.2, 0.25) is 0 Å². The summed E-state index contributed by atoms with van der Waals surface area (Å²) >= 11 is 0. The zero-order chi connectivity index (χ0) is 12.8. The van der Waals surface area contributed by atoms with Gasteiger partial charge in [-0.3, -0.25) is 0 Å². The Bertz CT molecular complexity index is 409. The minimum atomic E-state index is -0.453. The minimum absolute atomic E-state index is 0.365. The van der Waals surface area contributed by atoms with Crippen LogP contribution in [0, 0.1) is 0 Å². The fourth-order valence-electron chi connectivity index (χ4n) is 1.53. The zero-order valence-corrected chi connectivity index (χ0v) is 10.4. The average Bonchev–Trinajstić information content (AvgIpc) is 2.78. The van der Waals surface area contributed by atoms with E-state index in [1.165, 1.54) is 20.3 Å². The van der Waals surface area contributed by atoms with Crippen LogP contribution in [0.1, 0.15) is 40.6 Å². The molecule has 0 radical (unpaired) electrons. The van der Waals surface area contributed by atoms with Crippen molar-refractivity contribution in [3.63, 3.8) is 0 Å². The number of carbonyl (C=O) groups is 2.